The van der Waals surface area contributed by atoms with Gasteiger partial charge in [0.25, 0.3) is 5.91 Å². The minimum absolute atomic E-state index is 0.0918. The zero-order valence-electron chi connectivity index (χ0n) is 16.1. The summed E-state index contributed by atoms with van der Waals surface area (Å²) in [6, 6.07) is 2.18. The minimum atomic E-state index is -3.74. The molecule has 28 heavy (non-hydrogen) atoms. The summed E-state index contributed by atoms with van der Waals surface area (Å²) in [5.41, 5.74) is 3.69. The van der Waals surface area contributed by atoms with E-state index in [1.54, 1.807) is 19.9 Å². The summed E-state index contributed by atoms with van der Waals surface area (Å²) < 4.78 is 27.8. The fraction of sp³-hybridized carbons (Fsp3) is 0.500. The van der Waals surface area contributed by atoms with Gasteiger partial charge in [0.15, 0.2) is 0 Å². The van der Waals surface area contributed by atoms with Crippen LogP contribution in [0, 0.1) is 19.8 Å². The van der Waals surface area contributed by atoms with Crippen LogP contribution >= 0.6 is 0 Å². The molecule has 0 unspecified atom stereocenters. The number of nitrogens with one attached hydrogen (secondary N) is 2. The van der Waals surface area contributed by atoms with E-state index in [9.17, 15) is 22.8 Å². The molecule has 0 saturated carbocycles. The lowest BCUT2D eigenvalue weighted by Gasteiger charge is -2.30. The molecule has 0 aromatic heterocycles. The highest BCUT2D eigenvalue weighted by Gasteiger charge is 2.32. The van der Waals surface area contributed by atoms with Crippen LogP contribution < -0.4 is 10.7 Å². The van der Waals surface area contributed by atoms with Crippen molar-refractivity contribution >= 4 is 27.9 Å². The van der Waals surface area contributed by atoms with E-state index in [0.29, 0.717) is 30.1 Å². The number of amides is 4. The molecule has 0 radical (unpaired) electrons. The van der Waals surface area contributed by atoms with Crippen molar-refractivity contribution in [2.24, 2.45) is 5.92 Å². The van der Waals surface area contributed by atoms with E-state index in [1.165, 1.54) is 10.4 Å². The van der Waals surface area contributed by atoms with Crippen molar-refractivity contribution in [1.29, 1.82) is 0 Å². The number of benzene rings is 1. The van der Waals surface area contributed by atoms with Crippen molar-refractivity contribution < 1.29 is 22.8 Å². The standard InChI is InChI=1S/C18H24N4O5S/c1-11-4-6-21(7-5-11)28(26,27)15-9-14(8-12(2)13(15)3)17(24)20-22-10-16(23)19-18(22)25/h8-9,11H,4-7,10H2,1-3H3,(H,20,24)(H,19,23,25). The molecular formula is C18H24N4O5S. The third kappa shape index (κ3) is 3.88. The molecule has 2 saturated heterocycles. The summed E-state index contributed by atoms with van der Waals surface area (Å²) in [4.78, 5) is 35.5. The molecule has 4 amide bonds. The summed E-state index contributed by atoms with van der Waals surface area (Å²) in [5.74, 6) is -0.689. The van der Waals surface area contributed by atoms with Crippen LogP contribution in [0.1, 0.15) is 41.3 Å². The van der Waals surface area contributed by atoms with Crippen LogP contribution in [0.2, 0.25) is 0 Å². The van der Waals surface area contributed by atoms with Crippen LogP contribution in [0.15, 0.2) is 17.0 Å². The second-order valence-electron chi connectivity index (χ2n) is 7.38. The molecule has 0 atom stereocenters. The Morgan fingerprint density at radius 1 is 1.18 bits per heavy atom. The molecule has 1 aromatic carbocycles. The molecule has 2 fully saturated rings. The van der Waals surface area contributed by atoms with Crippen LogP contribution in [0.5, 0.6) is 0 Å². The molecule has 1 aromatic rings. The average molecular weight is 408 g/mol. The Kier molecular flexibility index (Phi) is 5.44. The van der Waals surface area contributed by atoms with Crippen LogP contribution in [-0.2, 0) is 14.8 Å². The van der Waals surface area contributed by atoms with Gasteiger partial charge in [-0.05, 0) is 55.9 Å². The maximum Gasteiger partial charge on any atom is 0.343 e. The van der Waals surface area contributed by atoms with Gasteiger partial charge >= 0.3 is 6.03 Å². The fourth-order valence-electron chi connectivity index (χ4n) is 3.31. The molecule has 0 aliphatic carbocycles. The predicted molar refractivity (Wildman–Crippen MR) is 101 cm³/mol. The number of carbonyl (C=O) groups excluding carboxylic acids is 3. The van der Waals surface area contributed by atoms with E-state index in [2.05, 4.69) is 17.7 Å². The highest BCUT2D eigenvalue weighted by Crippen LogP contribution is 2.28. The van der Waals surface area contributed by atoms with E-state index in [0.717, 1.165) is 17.9 Å². The summed E-state index contributed by atoms with van der Waals surface area (Å²) in [6.45, 7) is 6.16. The Balaban J connectivity index is 1.89. The molecule has 2 heterocycles. The van der Waals surface area contributed by atoms with Crippen molar-refractivity contribution in [3.8, 4) is 0 Å². The van der Waals surface area contributed by atoms with E-state index >= 15 is 0 Å². The van der Waals surface area contributed by atoms with E-state index in [4.69, 9.17) is 0 Å². The van der Waals surface area contributed by atoms with Crippen molar-refractivity contribution in [2.75, 3.05) is 19.6 Å². The second-order valence-corrected chi connectivity index (χ2v) is 9.29. The number of aryl methyl sites for hydroxylation is 1. The number of rotatable bonds is 4. The first-order chi connectivity index (χ1) is 13.1. The Bertz CT molecular complexity index is 936. The summed E-state index contributed by atoms with van der Waals surface area (Å²) >= 11 is 0. The van der Waals surface area contributed by atoms with Gasteiger partial charge < -0.3 is 0 Å². The van der Waals surface area contributed by atoms with E-state index < -0.39 is 27.9 Å². The number of carbonyl (C=O) groups is 3. The van der Waals surface area contributed by atoms with Crippen molar-refractivity contribution in [2.45, 2.75) is 38.5 Å². The molecular weight excluding hydrogens is 384 g/mol. The van der Waals surface area contributed by atoms with Gasteiger partial charge in [0, 0.05) is 18.7 Å². The first-order valence-corrected chi connectivity index (χ1v) is 10.6. The number of imide groups is 1. The van der Waals surface area contributed by atoms with Gasteiger partial charge in [0.2, 0.25) is 15.9 Å². The SMILES string of the molecule is Cc1cc(C(=O)NN2CC(=O)NC2=O)cc(S(=O)(=O)N2CCC(C)CC2)c1C. The third-order valence-electron chi connectivity index (χ3n) is 5.27. The van der Waals surface area contributed by atoms with Crippen LogP contribution in [-0.4, -0.2) is 55.2 Å². The maximum atomic E-state index is 13.2. The Morgan fingerprint density at radius 2 is 1.82 bits per heavy atom. The van der Waals surface area contributed by atoms with E-state index in [1.807, 2.05) is 0 Å². The van der Waals surface area contributed by atoms with Crippen molar-refractivity contribution in [1.82, 2.24) is 20.1 Å². The van der Waals surface area contributed by atoms with E-state index in [-0.39, 0.29) is 17.0 Å². The summed E-state index contributed by atoms with van der Waals surface area (Å²) in [6.07, 6.45) is 1.60. The van der Waals surface area contributed by atoms with Gasteiger partial charge in [-0.3, -0.25) is 20.3 Å². The van der Waals surface area contributed by atoms with Crippen LogP contribution in [0.3, 0.4) is 0 Å². The number of piperidine rings is 1. The van der Waals surface area contributed by atoms with Gasteiger partial charge in [-0.2, -0.15) is 4.31 Å². The summed E-state index contributed by atoms with van der Waals surface area (Å²) in [7, 11) is -3.74. The molecule has 2 aliphatic heterocycles. The van der Waals surface area contributed by atoms with Gasteiger partial charge in [-0.25, -0.2) is 18.2 Å². The number of hydrogen-bond acceptors (Lipinski definition) is 5. The lowest BCUT2D eigenvalue weighted by molar-refractivity contribution is -0.118. The number of sulfonamides is 1. The molecule has 3 rings (SSSR count). The minimum Gasteiger partial charge on any atom is -0.275 e. The van der Waals surface area contributed by atoms with Crippen LogP contribution in [0.25, 0.3) is 0 Å². The van der Waals surface area contributed by atoms with Gasteiger partial charge in [-0.15, -0.1) is 0 Å². The molecule has 2 aliphatic rings. The zero-order chi connectivity index (χ0) is 20.6. The molecule has 10 heteroatoms. The highest BCUT2D eigenvalue weighted by atomic mass is 32.2. The molecule has 0 bridgehead atoms. The number of nitrogens with zero attached hydrogens (tertiary/aromatic N) is 2. The Labute approximate surface area is 164 Å². The smallest absolute Gasteiger partial charge is 0.275 e. The first-order valence-electron chi connectivity index (χ1n) is 9.13. The predicted octanol–water partition coefficient (Wildman–Crippen LogP) is 0.921. The van der Waals surface area contributed by atoms with Gasteiger partial charge in [-0.1, -0.05) is 6.92 Å². The van der Waals surface area contributed by atoms with Crippen LogP contribution in [0.4, 0.5) is 4.79 Å². The lowest BCUT2D eigenvalue weighted by Crippen LogP contribution is -2.44. The first kappa shape index (κ1) is 20.3. The number of hydrogen-bond donors (Lipinski definition) is 2. The van der Waals surface area contributed by atoms with Gasteiger partial charge in [0.05, 0.1) is 4.90 Å². The normalized spacial score (nSPS) is 19.0. The lowest BCUT2D eigenvalue weighted by atomic mass is 10.0. The quantitative estimate of drug-likeness (QED) is 0.719. The number of hydrazine groups is 1. The zero-order valence-corrected chi connectivity index (χ0v) is 16.9. The second kappa shape index (κ2) is 7.51. The maximum absolute atomic E-state index is 13.2. The average Bonchev–Trinajstić information content (AvgIpc) is 2.94. The molecule has 0 spiro atoms. The Morgan fingerprint density at radius 3 is 2.39 bits per heavy atom. The monoisotopic (exact) mass is 408 g/mol. The highest BCUT2D eigenvalue weighted by molar-refractivity contribution is 7.89. The molecule has 2 N–H and O–H groups in total. The number of urea groups is 1. The molecule has 152 valence electrons. The molecule has 9 nitrogen and oxygen atoms in total. The largest absolute Gasteiger partial charge is 0.343 e. The third-order valence-corrected chi connectivity index (χ3v) is 7.30. The topological polar surface area (TPSA) is 116 Å². The fourth-order valence-corrected chi connectivity index (χ4v) is 5.10. The van der Waals surface area contributed by atoms with Crippen molar-refractivity contribution in [3.05, 3.63) is 28.8 Å². The van der Waals surface area contributed by atoms with Crippen molar-refractivity contribution in [3.63, 3.8) is 0 Å². The van der Waals surface area contributed by atoms with Gasteiger partial charge in [0.1, 0.15) is 6.54 Å². The Hall–Kier alpha value is -2.46. The summed E-state index contributed by atoms with van der Waals surface area (Å²) in [5, 5.41) is 2.92.